The van der Waals surface area contributed by atoms with Crippen LogP contribution >= 0.6 is 15.9 Å². The van der Waals surface area contributed by atoms with Crippen molar-refractivity contribution in [3.05, 3.63) is 100 Å². The van der Waals surface area contributed by atoms with Crippen molar-refractivity contribution in [2.24, 2.45) is 0 Å². The van der Waals surface area contributed by atoms with Gasteiger partial charge in [-0.05, 0) is 53.1 Å². The van der Waals surface area contributed by atoms with E-state index in [0.717, 1.165) is 10.0 Å². The highest BCUT2D eigenvalue weighted by Crippen LogP contribution is 2.28. The van der Waals surface area contributed by atoms with Crippen LogP contribution in [0.15, 0.2) is 88.1 Å². The summed E-state index contributed by atoms with van der Waals surface area (Å²) >= 11 is 3.36. The molecule has 0 spiro atoms. The van der Waals surface area contributed by atoms with Crippen molar-refractivity contribution in [1.29, 1.82) is 0 Å². The van der Waals surface area contributed by atoms with E-state index < -0.39 is 11.9 Å². The van der Waals surface area contributed by atoms with Gasteiger partial charge in [0.25, 0.3) is 0 Å². The second-order valence-electron chi connectivity index (χ2n) is 6.85. The molecule has 0 bridgehead atoms. The van der Waals surface area contributed by atoms with E-state index in [2.05, 4.69) is 26.2 Å². The molecule has 154 valence electrons. The Bertz CT molecular complexity index is 1280. The van der Waals surface area contributed by atoms with Crippen molar-refractivity contribution in [2.75, 3.05) is 5.32 Å². The number of nitrogens with one attached hydrogen (secondary N) is 1. The van der Waals surface area contributed by atoms with E-state index in [0.29, 0.717) is 27.9 Å². The number of benzene rings is 3. The highest BCUT2D eigenvalue weighted by atomic mass is 79.9. The van der Waals surface area contributed by atoms with E-state index >= 15 is 0 Å². The summed E-state index contributed by atoms with van der Waals surface area (Å²) in [5, 5.41) is 12.6. The van der Waals surface area contributed by atoms with Gasteiger partial charge in [0, 0.05) is 16.2 Å². The molecule has 0 aliphatic heterocycles. The number of carboxylic acid groups (broad SMARTS) is 1. The van der Waals surface area contributed by atoms with Crippen molar-refractivity contribution in [3.8, 4) is 0 Å². The van der Waals surface area contributed by atoms with E-state index in [1.54, 1.807) is 54.6 Å². The number of aliphatic carboxylic acids is 1. The molecular formula is C24H17BrN2O4. The Labute approximate surface area is 186 Å². The molecule has 0 aliphatic carbocycles. The number of carbonyl (C=O) groups is 2. The fourth-order valence-corrected chi connectivity index (χ4v) is 3.65. The number of nitrogens with zero attached hydrogens (tertiary/aromatic N) is 1. The summed E-state index contributed by atoms with van der Waals surface area (Å²) in [7, 11) is 0. The standard InChI is InChI=1S/C24H17BrN2O4/c25-18-2-1-3-19(13-18)27-22(28)11-6-15-4-7-16(8-5-15)23(24(29)30)17-9-10-21-20(12-17)26-14-31-21/h1-14,23H,(H,27,28)(H,29,30). The summed E-state index contributed by atoms with van der Waals surface area (Å²) in [6.07, 6.45) is 4.44. The maximum Gasteiger partial charge on any atom is 0.315 e. The Balaban J connectivity index is 1.49. The molecule has 0 aliphatic rings. The van der Waals surface area contributed by atoms with Gasteiger partial charge in [-0.3, -0.25) is 9.59 Å². The summed E-state index contributed by atoms with van der Waals surface area (Å²) in [5.74, 6) is -2.05. The van der Waals surface area contributed by atoms with Crippen molar-refractivity contribution >= 4 is 50.7 Å². The number of rotatable bonds is 6. The van der Waals surface area contributed by atoms with Crippen LogP contribution in [0.5, 0.6) is 0 Å². The maximum atomic E-state index is 12.1. The topological polar surface area (TPSA) is 92.4 Å². The molecule has 0 radical (unpaired) electrons. The molecule has 0 saturated heterocycles. The molecule has 1 amide bonds. The van der Waals surface area contributed by atoms with Gasteiger partial charge in [-0.1, -0.05) is 52.3 Å². The number of oxazole rings is 1. The van der Waals surface area contributed by atoms with Gasteiger partial charge in [0.15, 0.2) is 12.0 Å². The third kappa shape index (κ3) is 4.90. The third-order valence-corrected chi connectivity index (χ3v) is 5.22. The van der Waals surface area contributed by atoms with Gasteiger partial charge in [-0.2, -0.15) is 0 Å². The molecule has 1 aromatic heterocycles. The number of anilines is 1. The fourth-order valence-electron chi connectivity index (χ4n) is 3.25. The zero-order valence-corrected chi connectivity index (χ0v) is 17.7. The van der Waals surface area contributed by atoms with Crippen LogP contribution in [0.4, 0.5) is 5.69 Å². The van der Waals surface area contributed by atoms with Gasteiger partial charge in [-0.15, -0.1) is 0 Å². The second kappa shape index (κ2) is 8.97. The smallest absolute Gasteiger partial charge is 0.315 e. The highest BCUT2D eigenvalue weighted by Gasteiger charge is 2.22. The molecule has 7 heteroatoms. The lowest BCUT2D eigenvalue weighted by Crippen LogP contribution is -2.13. The average molecular weight is 477 g/mol. The first kappa shape index (κ1) is 20.6. The Morgan fingerprint density at radius 3 is 2.55 bits per heavy atom. The number of hydrogen-bond donors (Lipinski definition) is 2. The lowest BCUT2D eigenvalue weighted by molar-refractivity contribution is -0.137. The molecular weight excluding hydrogens is 460 g/mol. The number of halogens is 1. The first-order valence-electron chi connectivity index (χ1n) is 9.40. The quantitative estimate of drug-likeness (QED) is 0.360. The fraction of sp³-hybridized carbons (Fsp3) is 0.0417. The number of hydrogen-bond acceptors (Lipinski definition) is 4. The number of carboxylic acids is 1. The maximum absolute atomic E-state index is 12.1. The van der Waals surface area contributed by atoms with Crippen molar-refractivity contribution in [1.82, 2.24) is 4.98 Å². The van der Waals surface area contributed by atoms with E-state index in [-0.39, 0.29) is 5.91 Å². The minimum absolute atomic E-state index is 0.258. The molecule has 31 heavy (non-hydrogen) atoms. The third-order valence-electron chi connectivity index (χ3n) is 4.72. The largest absolute Gasteiger partial charge is 0.481 e. The Kier molecular flexibility index (Phi) is 5.95. The van der Waals surface area contributed by atoms with E-state index in [1.807, 2.05) is 18.2 Å². The number of aromatic nitrogens is 1. The van der Waals surface area contributed by atoms with Crippen LogP contribution < -0.4 is 5.32 Å². The summed E-state index contributed by atoms with van der Waals surface area (Å²) in [4.78, 5) is 28.2. The molecule has 0 saturated carbocycles. The predicted octanol–water partition coefficient (Wildman–Crippen LogP) is 5.46. The molecule has 2 N–H and O–H groups in total. The molecule has 6 nitrogen and oxygen atoms in total. The van der Waals surface area contributed by atoms with Crippen LogP contribution in [0, 0.1) is 0 Å². The number of amides is 1. The SMILES string of the molecule is O=C(C=Cc1ccc(C(C(=O)O)c2ccc3ocnc3c2)cc1)Nc1cccc(Br)c1. The second-order valence-corrected chi connectivity index (χ2v) is 7.77. The molecule has 3 aromatic carbocycles. The van der Waals surface area contributed by atoms with Crippen molar-refractivity contribution in [2.45, 2.75) is 5.92 Å². The van der Waals surface area contributed by atoms with Crippen LogP contribution in [0.2, 0.25) is 0 Å². The molecule has 1 atom stereocenters. The van der Waals surface area contributed by atoms with Crippen LogP contribution in [0.3, 0.4) is 0 Å². The Morgan fingerprint density at radius 2 is 1.81 bits per heavy atom. The summed E-state index contributed by atoms with van der Waals surface area (Å²) in [6, 6.07) is 19.5. The Hall–Kier alpha value is -3.71. The van der Waals surface area contributed by atoms with Gasteiger partial charge in [0.2, 0.25) is 5.91 Å². The lowest BCUT2D eigenvalue weighted by atomic mass is 9.90. The van der Waals surface area contributed by atoms with E-state index in [9.17, 15) is 14.7 Å². The van der Waals surface area contributed by atoms with Gasteiger partial charge in [0.05, 0.1) is 0 Å². The molecule has 1 heterocycles. The van der Waals surface area contributed by atoms with Crippen LogP contribution in [0.1, 0.15) is 22.6 Å². The van der Waals surface area contributed by atoms with Gasteiger partial charge >= 0.3 is 5.97 Å². The highest BCUT2D eigenvalue weighted by molar-refractivity contribution is 9.10. The molecule has 1 unspecified atom stereocenters. The molecule has 4 aromatic rings. The monoisotopic (exact) mass is 476 g/mol. The predicted molar refractivity (Wildman–Crippen MR) is 122 cm³/mol. The van der Waals surface area contributed by atoms with Crippen LogP contribution in [-0.4, -0.2) is 22.0 Å². The van der Waals surface area contributed by atoms with Gasteiger partial charge in [0.1, 0.15) is 11.4 Å². The van der Waals surface area contributed by atoms with Crippen LogP contribution in [-0.2, 0) is 9.59 Å². The van der Waals surface area contributed by atoms with Crippen molar-refractivity contribution < 1.29 is 19.1 Å². The lowest BCUT2D eigenvalue weighted by Gasteiger charge is -2.13. The van der Waals surface area contributed by atoms with Gasteiger partial charge < -0.3 is 14.8 Å². The van der Waals surface area contributed by atoms with E-state index in [1.165, 1.54) is 12.5 Å². The van der Waals surface area contributed by atoms with Crippen LogP contribution in [0.25, 0.3) is 17.2 Å². The zero-order valence-electron chi connectivity index (χ0n) is 16.2. The number of fused-ring (bicyclic) bond motifs is 1. The van der Waals surface area contributed by atoms with E-state index in [4.69, 9.17) is 4.42 Å². The van der Waals surface area contributed by atoms with Gasteiger partial charge in [-0.25, -0.2) is 4.98 Å². The minimum Gasteiger partial charge on any atom is -0.481 e. The first-order valence-corrected chi connectivity index (χ1v) is 10.2. The first-order chi connectivity index (χ1) is 15.0. The minimum atomic E-state index is -0.959. The zero-order chi connectivity index (χ0) is 21.8. The molecule has 0 fully saturated rings. The average Bonchev–Trinajstić information content (AvgIpc) is 3.21. The molecule has 4 rings (SSSR count). The normalized spacial score (nSPS) is 12.2. The van der Waals surface area contributed by atoms with Crippen molar-refractivity contribution in [3.63, 3.8) is 0 Å². The summed E-state index contributed by atoms with van der Waals surface area (Å²) < 4.78 is 6.10. The summed E-state index contributed by atoms with van der Waals surface area (Å²) in [6.45, 7) is 0. The Morgan fingerprint density at radius 1 is 1.03 bits per heavy atom. The summed E-state index contributed by atoms with van der Waals surface area (Å²) in [5.41, 5.74) is 3.93. The number of carbonyl (C=O) groups excluding carboxylic acids is 1.